The van der Waals surface area contributed by atoms with Crippen molar-refractivity contribution in [2.24, 2.45) is 5.92 Å². The van der Waals surface area contributed by atoms with Crippen LogP contribution in [-0.2, 0) is 9.59 Å². The lowest BCUT2D eigenvalue weighted by molar-refractivity contribution is -0.141. The van der Waals surface area contributed by atoms with Gasteiger partial charge in [-0.25, -0.2) is 4.39 Å². The van der Waals surface area contributed by atoms with Gasteiger partial charge in [0.25, 0.3) is 0 Å². The molecule has 1 saturated heterocycles. The number of aliphatic carboxylic acids is 1. The highest BCUT2D eigenvalue weighted by molar-refractivity contribution is 5.86. The summed E-state index contributed by atoms with van der Waals surface area (Å²) in [5.41, 5.74) is 0. The average molecular weight is 267 g/mol. The van der Waals surface area contributed by atoms with Gasteiger partial charge in [0, 0.05) is 19.0 Å². The van der Waals surface area contributed by atoms with Crippen LogP contribution >= 0.6 is 0 Å². The number of hydrogen-bond donors (Lipinski definition) is 1. The van der Waals surface area contributed by atoms with E-state index in [2.05, 4.69) is 0 Å². The largest absolute Gasteiger partial charge is 0.492 e. The summed E-state index contributed by atoms with van der Waals surface area (Å²) in [5, 5.41) is 8.83. The summed E-state index contributed by atoms with van der Waals surface area (Å²) < 4.78 is 18.2. The molecule has 0 radical (unpaired) electrons. The van der Waals surface area contributed by atoms with E-state index in [4.69, 9.17) is 9.84 Å². The lowest BCUT2D eigenvalue weighted by Crippen LogP contribution is -2.30. The number of carbonyl (C=O) groups is 2. The molecule has 1 unspecified atom stereocenters. The van der Waals surface area contributed by atoms with Gasteiger partial charge < -0.3 is 14.7 Å². The van der Waals surface area contributed by atoms with Crippen LogP contribution in [0.15, 0.2) is 24.3 Å². The Morgan fingerprint density at radius 3 is 2.95 bits per heavy atom. The van der Waals surface area contributed by atoms with E-state index in [1.54, 1.807) is 6.07 Å². The van der Waals surface area contributed by atoms with Gasteiger partial charge in [0.15, 0.2) is 0 Å². The van der Waals surface area contributed by atoms with Crippen molar-refractivity contribution in [3.05, 3.63) is 30.1 Å². The standard InChI is InChI=1S/C13H14FNO4/c14-10-2-1-3-11(7-10)19-5-4-15-8-9(13(17)18)6-12(15)16/h1-3,7,9H,4-6,8H2,(H,17,18). The smallest absolute Gasteiger partial charge is 0.308 e. The third-order valence-corrected chi connectivity index (χ3v) is 2.99. The van der Waals surface area contributed by atoms with Gasteiger partial charge in [-0.1, -0.05) is 6.07 Å². The highest BCUT2D eigenvalue weighted by Crippen LogP contribution is 2.18. The van der Waals surface area contributed by atoms with Crippen molar-refractivity contribution < 1.29 is 23.8 Å². The summed E-state index contributed by atoms with van der Waals surface area (Å²) in [5.74, 6) is -1.78. The molecule has 19 heavy (non-hydrogen) atoms. The van der Waals surface area contributed by atoms with Crippen LogP contribution in [0.25, 0.3) is 0 Å². The maximum Gasteiger partial charge on any atom is 0.308 e. The van der Waals surface area contributed by atoms with Gasteiger partial charge in [-0.05, 0) is 12.1 Å². The van der Waals surface area contributed by atoms with Crippen molar-refractivity contribution in [1.82, 2.24) is 4.90 Å². The minimum absolute atomic E-state index is 0.0370. The molecule has 1 aromatic rings. The first kappa shape index (κ1) is 13.3. The second kappa shape index (κ2) is 5.69. The molecule has 1 N–H and O–H groups in total. The normalized spacial score (nSPS) is 18.7. The highest BCUT2D eigenvalue weighted by Gasteiger charge is 2.33. The molecule has 1 heterocycles. The number of amides is 1. The van der Waals surface area contributed by atoms with Gasteiger partial charge in [0.05, 0.1) is 12.5 Å². The third kappa shape index (κ3) is 3.43. The minimum Gasteiger partial charge on any atom is -0.492 e. The number of carboxylic acid groups (broad SMARTS) is 1. The topological polar surface area (TPSA) is 66.8 Å². The highest BCUT2D eigenvalue weighted by atomic mass is 19.1. The van der Waals surface area contributed by atoms with Gasteiger partial charge in [-0.3, -0.25) is 9.59 Å². The Hall–Kier alpha value is -2.11. The van der Waals surface area contributed by atoms with Gasteiger partial charge in [-0.2, -0.15) is 0 Å². The zero-order chi connectivity index (χ0) is 13.8. The number of nitrogens with zero attached hydrogens (tertiary/aromatic N) is 1. The number of halogens is 1. The molecule has 5 nitrogen and oxygen atoms in total. The molecule has 1 atom stereocenters. The van der Waals surface area contributed by atoms with E-state index in [0.717, 1.165) is 0 Å². The third-order valence-electron chi connectivity index (χ3n) is 2.99. The monoisotopic (exact) mass is 267 g/mol. The number of carbonyl (C=O) groups excluding carboxylic acids is 1. The van der Waals surface area contributed by atoms with Crippen LogP contribution in [0.2, 0.25) is 0 Å². The van der Waals surface area contributed by atoms with Crippen molar-refractivity contribution in [2.75, 3.05) is 19.7 Å². The molecule has 0 aliphatic carbocycles. The first-order valence-electron chi connectivity index (χ1n) is 5.95. The Balaban J connectivity index is 1.80. The molecule has 1 fully saturated rings. The molecule has 0 saturated carbocycles. The number of benzene rings is 1. The Morgan fingerprint density at radius 2 is 2.32 bits per heavy atom. The minimum atomic E-state index is -0.957. The van der Waals surface area contributed by atoms with Crippen LogP contribution in [-0.4, -0.2) is 41.6 Å². The van der Waals surface area contributed by atoms with E-state index in [1.165, 1.54) is 23.1 Å². The quantitative estimate of drug-likeness (QED) is 0.868. The zero-order valence-corrected chi connectivity index (χ0v) is 10.2. The molecule has 0 spiro atoms. The molecule has 2 rings (SSSR count). The lowest BCUT2D eigenvalue weighted by atomic mass is 10.1. The number of ether oxygens (including phenoxy) is 1. The summed E-state index contributed by atoms with van der Waals surface area (Å²) in [4.78, 5) is 23.8. The van der Waals surface area contributed by atoms with Gasteiger partial charge >= 0.3 is 5.97 Å². The predicted octanol–water partition coefficient (Wildman–Crippen LogP) is 1.14. The Morgan fingerprint density at radius 1 is 1.53 bits per heavy atom. The summed E-state index contributed by atoms with van der Waals surface area (Å²) in [6.07, 6.45) is 0.0370. The van der Waals surface area contributed by atoms with Gasteiger partial charge in [0.2, 0.25) is 5.91 Å². The van der Waals surface area contributed by atoms with E-state index in [9.17, 15) is 14.0 Å². The number of carboxylic acids is 1. The maximum absolute atomic E-state index is 12.9. The second-order valence-corrected chi connectivity index (χ2v) is 4.38. The molecule has 1 aliphatic heterocycles. The fourth-order valence-corrected chi connectivity index (χ4v) is 1.98. The van der Waals surface area contributed by atoms with Crippen LogP contribution in [0, 0.1) is 11.7 Å². The fourth-order valence-electron chi connectivity index (χ4n) is 1.98. The average Bonchev–Trinajstić information content (AvgIpc) is 2.71. The summed E-state index contributed by atoms with van der Waals surface area (Å²) >= 11 is 0. The van der Waals surface area contributed by atoms with Gasteiger partial charge in [0.1, 0.15) is 18.2 Å². The molecular formula is C13H14FNO4. The first-order chi connectivity index (χ1) is 9.06. The molecule has 6 heteroatoms. The summed E-state index contributed by atoms with van der Waals surface area (Å²) in [6, 6.07) is 5.72. The number of rotatable bonds is 5. The fraction of sp³-hybridized carbons (Fsp3) is 0.385. The maximum atomic E-state index is 12.9. The Kier molecular flexibility index (Phi) is 3.99. The van der Waals surface area contributed by atoms with Crippen LogP contribution in [0.3, 0.4) is 0 Å². The summed E-state index contributed by atoms with van der Waals surface area (Å²) in [6.45, 7) is 0.724. The summed E-state index contributed by atoms with van der Waals surface area (Å²) in [7, 11) is 0. The molecule has 0 aromatic heterocycles. The molecule has 0 bridgehead atoms. The van der Waals surface area contributed by atoms with Crippen molar-refractivity contribution in [2.45, 2.75) is 6.42 Å². The van der Waals surface area contributed by atoms with Crippen molar-refractivity contribution in [3.8, 4) is 5.75 Å². The van der Waals surface area contributed by atoms with E-state index < -0.39 is 11.9 Å². The first-order valence-corrected chi connectivity index (χ1v) is 5.95. The molecule has 1 aromatic carbocycles. The van der Waals surface area contributed by atoms with Crippen LogP contribution in [0.4, 0.5) is 4.39 Å². The van der Waals surface area contributed by atoms with Crippen LogP contribution in [0.1, 0.15) is 6.42 Å². The molecular weight excluding hydrogens is 253 g/mol. The lowest BCUT2D eigenvalue weighted by Gasteiger charge is -2.16. The van der Waals surface area contributed by atoms with E-state index in [-0.39, 0.29) is 31.3 Å². The number of hydrogen-bond acceptors (Lipinski definition) is 3. The van der Waals surface area contributed by atoms with E-state index in [1.807, 2.05) is 0 Å². The van der Waals surface area contributed by atoms with Gasteiger partial charge in [-0.15, -0.1) is 0 Å². The molecule has 102 valence electrons. The Labute approximate surface area is 109 Å². The second-order valence-electron chi connectivity index (χ2n) is 4.38. The molecule has 1 amide bonds. The number of likely N-dealkylation sites (tertiary alicyclic amines) is 1. The van der Waals surface area contributed by atoms with E-state index in [0.29, 0.717) is 12.3 Å². The van der Waals surface area contributed by atoms with Crippen LogP contribution < -0.4 is 4.74 Å². The Bertz CT molecular complexity index is 491. The van der Waals surface area contributed by atoms with Crippen molar-refractivity contribution in [1.29, 1.82) is 0 Å². The van der Waals surface area contributed by atoms with Crippen molar-refractivity contribution >= 4 is 11.9 Å². The zero-order valence-electron chi connectivity index (χ0n) is 10.2. The molecule has 1 aliphatic rings. The SMILES string of the molecule is O=C(O)C1CC(=O)N(CCOc2cccc(F)c2)C1. The van der Waals surface area contributed by atoms with Crippen LogP contribution in [0.5, 0.6) is 5.75 Å². The predicted molar refractivity (Wildman–Crippen MR) is 64.2 cm³/mol. The van der Waals surface area contributed by atoms with E-state index >= 15 is 0 Å². The van der Waals surface area contributed by atoms with Crippen molar-refractivity contribution in [3.63, 3.8) is 0 Å².